The zero-order valence-electron chi connectivity index (χ0n) is 13.8. The summed E-state index contributed by atoms with van der Waals surface area (Å²) in [6.45, 7) is 5.93. The van der Waals surface area contributed by atoms with E-state index >= 15 is 0 Å². The number of hydrogen-bond donors (Lipinski definition) is 2. The molecule has 5 nitrogen and oxygen atoms in total. The van der Waals surface area contributed by atoms with Crippen LogP contribution in [0.5, 0.6) is 0 Å². The van der Waals surface area contributed by atoms with E-state index in [0.717, 1.165) is 11.6 Å². The van der Waals surface area contributed by atoms with Gasteiger partial charge in [-0.05, 0) is 44.9 Å². The van der Waals surface area contributed by atoms with Gasteiger partial charge in [0.1, 0.15) is 5.82 Å². The molecular weight excluding hydrogens is 319 g/mol. The lowest BCUT2D eigenvalue weighted by Crippen LogP contribution is -2.28. The van der Waals surface area contributed by atoms with Gasteiger partial charge in [-0.1, -0.05) is 0 Å². The third kappa shape index (κ3) is 5.68. The van der Waals surface area contributed by atoms with Gasteiger partial charge in [-0.15, -0.1) is 0 Å². The highest BCUT2D eigenvalue weighted by molar-refractivity contribution is 5.44. The fraction of sp³-hybridized carbons (Fsp3) is 0.438. The lowest BCUT2D eigenvalue weighted by atomic mass is 10.1. The molecule has 0 spiro atoms. The molecule has 0 unspecified atom stereocenters. The van der Waals surface area contributed by atoms with Crippen LogP contribution in [0.2, 0.25) is 0 Å². The number of pyridine rings is 1. The molecule has 0 bridgehead atoms. The molecule has 0 saturated carbocycles. The Morgan fingerprint density at radius 2 is 1.71 bits per heavy atom. The summed E-state index contributed by atoms with van der Waals surface area (Å²) in [4.78, 5) is 11.6. The molecule has 0 aliphatic heterocycles. The van der Waals surface area contributed by atoms with Crippen LogP contribution in [0.15, 0.2) is 30.6 Å². The van der Waals surface area contributed by atoms with Gasteiger partial charge in [0.15, 0.2) is 5.69 Å². The average Bonchev–Trinajstić information content (AvgIpc) is 2.45. The van der Waals surface area contributed by atoms with Gasteiger partial charge in [0.2, 0.25) is 5.95 Å². The van der Waals surface area contributed by atoms with E-state index in [1.165, 1.54) is 0 Å². The molecule has 2 N–H and O–H groups in total. The lowest BCUT2D eigenvalue weighted by molar-refractivity contribution is -0.141. The van der Waals surface area contributed by atoms with Crippen molar-refractivity contribution in [2.45, 2.75) is 38.9 Å². The molecule has 0 aliphatic rings. The van der Waals surface area contributed by atoms with Crippen LogP contribution < -0.4 is 10.6 Å². The van der Waals surface area contributed by atoms with Crippen LogP contribution in [0.4, 0.5) is 24.9 Å². The highest BCUT2D eigenvalue weighted by Gasteiger charge is 2.34. The summed E-state index contributed by atoms with van der Waals surface area (Å²) >= 11 is 0. The van der Waals surface area contributed by atoms with Crippen molar-refractivity contribution >= 4 is 11.8 Å². The van der Waals surface area contributed by atoms with E-state index in [4.69, 9.17) is 0 Å². The number of aromatic nitrogens is 3. The van der Waals surface area contributed by atoms with Crippen LogP contribution in [-0.4, -0.2) is 27.0 Å². The van der Waals surface area contributed by atoms with Crippen molar-refractivity contribution in [3.63, 3.8) is 0 Å². The fourth-order valence-electron chi connectivity index (χ4n) is 1.96. The van der Waals surface area contributed by atoms with Gasteiger partial charge >= 0.3 is 6.18 Å². The summed E-state index contributed by atoms with van der Waals surface area (Å²) in [6.07, 6.45) is -0.533. The van der Waals surface area contributed by atoms with E-state index in [1.54, 1.807) is 12.4 Å². The second-order valence-electron chi connectivity index (χ2n) is 6.37. The predicted molar refractivity (Wildman–Crippen MR) is 86.8 cm³/mol. The van der Waals surface area contributed by atoms with E-state index in [-0.39, 0.29) is 11.8 Å². The van der Waals surface area contributed by atoms with Gasteiger partial charge in [0, 0.05) is 30.5 Å². The first-order valence-electron chi connectivity index (χ1n) is 7.51. The molecule has 0 aliphatic carbocycles. The largest absolute Gasteiger partial charge is 0.433 e. The number of alkyl halides is 3. The van der Waals surface area contributed by atoms with Crippen LogP contribution in [-0.2, 0) is 12.6 Å². The summed E-state index contributed by atoms with van der Waals surface area (Å²) in [6, 6.07) is 4.63. The molecule has 0 radical (unpaired) electrons. The molecule has 2 rings (SSSR count). The normalized spacial score (nSPS) is 12.1. The van der Waals surface area contributed by atoms with Crippen molar-refractivity contribution < 1.29 is 13.2 Å². The van der Waals surface area contributed by atoms with Gasteiger partial charge in [-0.2, -0.15) is 18.2 Å². The molecule has 0 saturated heterocycles. The second kappa shape index (κ2) is 7.02. The zero-order chi connectivity index (χ0) is 17.8. The average molecular weight is 339 g/mol. The topological polar surface area (TPSA) is 62.7 Å². The zero-order valence-corrected chi connectivity index (χ0v) is 13.8. The van der Waals surface area contributed by atoms with Crippen LogP contribution in [0, 0.1) is 0 Å². The predicted octanol–water partition coefficient (Wildman–Crippen LogP) is 3.76. The highest BCUT2D eigenvalue weighted by atomic mass is 19.4. The smallest absolute Gasteiger partial charge is 0.370 e. The molecule has 8 heteroatoms. The van der Waals surface area contributed by atoms with Gasteiger partial charge in [0.05, 0.1) is 0 Å². The summed E-state index contributed by atoms with van der Waals surface area (Å²) in [5.74, 6) is 0.0851. The van der Waals surface area contributed by atoms with E-state index < -0.39 is 17.4 Å². The van der Waals surface area contributed by atoms with Crippen molar-refractivity contribution in [1.29, 1.82) is 0 Å². The summed E-state index contributed by atoms with van der Waals surface area (Å²) in [5, 5.41) is 5.79. The molecule has 0 amide bonds. The molecule has 2 aromatic heterocycles. The number of halogens is 3. The molecule has 0 aromatic carbocycles. The van der Waals surface area contributed by atoms with E-state index in [0.29, 0.717) is 13.0 Å². The summed E-state index contributed by atoms with van der Waals surface area (Å²) < 4.78 is 39.0. The highest BCUT2D eigenvalue weighted by Crippen LogP contribution is 2.30. The molecule has 0 atom stereocenters. The van der Waals surface area contributed by atoms with Gasteiger partial charge in [-0.25, -0.2) is 4.98 Å². The number of anilines is 2. The number of hydrogen-bond acceptors (Lipinski definition) is 5. The Morgan fingerprint density at radius 1 is 1.04 bits per heavy atom. The van der Waals surface area contributed by atoms with Crippen LogP contribution in [0.3, 0.4) is 0 Å². The first kappa shape index (κ1) is 18.0. The van der Waals surface area contributed by atoms with Crippen molar-refractivity contribution in [3.8, 4) is 0 Å². The maximum atomic E-state index is 13.0. The number of rotatable bonds is 5. The first-order valence-corrected chi connectivity index (χ1v) is 7.51. The minimum Gasteiger partial charge on any atom is -0.370 e. The standard InChI is InChI=1S/C16H20F3N5/c1-15(2,3)24-14-22-12(16(17,18)19)10-13(23-14)21-9-6-11-4-7-20-8-5-11/h4-5,7-8,10H,6,9H2,1-3H3,(H2,21,22,23,24). The van der Waals surface area contributed by atoms with Gasteiger partial charge in [0.25, 0.3) is 0 Å². The quantitative estimate of drug-likeness (QED) is 0.868. The van der Waals surface area contributed by atoms with E-state index in [2.05, 4.69) is 25.6 Å². The molecular formula is C16H20F3N5. The third-order valence-corrected chi connectivity index (χ3v) is 2.97. The van der Waals surface area contributed by atoms with Crippen molar-refractivity contribution in [2.75, 3.05) is 17.2 Å². The van der Waals surface area contributed by atoms with Crippen LogP contribution in [0.1, 0.15) is 32.0 Å². The summed E-state index contributed by atoms with van der Waals surface area (Å²) in [5.41, 5.74) is -0.385. The second-order valence-corrected chi connectivity index (χ2v) is 6.37. The first-order chi connectivity index (χ1) is 11.1. The monoisotopic (exact) mass is 339 g/mol. The molecule has 2 heterocycles. The van der Waals surface area contributed by atoms with E-state index in [9.17, 15) is 13.2 Å². The maximum absolute atomic E-state index is 13.0. The van der Waals surface area contributed by atoms with Crippen molar-refractivity contribution in [1.82, 2.24) is 15.0 Å². The Labute approximate surface area is 138 Å². The molecule has 24 heavy (non-hydrogen) atoms. The molecule has 0 fully saturated rings. The molecule has 130 valence electrons. The van der Waals surface area contributed by atoms with Crippen molar-refractivity contribution in [3.05, 3.63) is 41.9 Å². The Kier molecular flexibility index (Phi) is 5.26. The fourth-order valence-corrected chi connectivity index (χ4v) is 1.96. The Balaban J connectivity index is 2.14. The maximum Gasteiger partial charge on any atom is 0.433 e. The number of nitrogens with zero attached hydrogens (tertiary/aromatic N) is 3. The Bertz CT molecular complexity index is 666. The van der Waals surface area contributed by atoms with E-state index in [1.807, 2.05) is 32.9 Å². The van der Waals surface area contributed by atoms with Crippen molar-refractivity contribution in [2.24, 2.45) is 0 Å². The Morgan fingerprint density at radius 3 is 2.29 bits per heavy atom. The van der Waals surface area contributed by atoms with Gasteiger partial charge < -0.3 is 10.6 Å². The SMILES string of the molecule is CC(C)(C)Nc1nc(NCCc2ccncc2)cc(C(F)(F)F)n1. The van der Waals surface area contributed by atoms with Gasteiger partial charge in [-0.3, -0.25) is 4.98 Å². The lowest BCUT2D eigenvalue weighted by Gasteiger charge is -2.21. The van der Waals surface area contributed by atoms with Crippen LogP contribution in [0.25, 0.3) is 0 Å². The molecule has 2 aromatic rings. The summed E-state index contributed by atoms with van der Waals surface area (Å²) in [7, 11) is 0. The van der Waals surface area contributed by atoms with Crippen LogP contribution >= 0.6 is 0 Å². The Hall–Kier alpha value is -2.38. The minimum atomic E-state index is -4.53. The number of nitrogens with one attached hydrogen (secondary N) is 2. The third-order valence-electron chi connectivity index (χ3n) is 2.97. The minimum absolute atomic E-state index is 0.0521.